The SMILES string of the molecule is CCc1ccc(CNC(C)CCSC)cc1. The van der Waals surface area contributed by atoms with E-state index in [2.05, 4.69) is 49.7 Å². The van der Waals surface area contributed by atoms with Crippen LogP contribution in [0.15, 0.2) is 24.3 Å². The zero-order valence-corrected chi connectivity index (χ0v) is 11.4. The Hall–Kier alpha value is -0.470. The molecule has 0 bridgehead atoms. The van der Waals surface area contributed by atoms with Crippen molar-refractivity contribution in [2.24, 2.45) is 0 Å². The van der Waals surface area contributed by atoms with Crippen LogP contribution in [0.5, 0.6) is 0 Å². The van der Waals surface area contributed by atoms with Crippen LogP contribution >= 0.6 is 11.8 Å². The summed E-state index contributed by atoms with van der Waals surface area (Å²) in [6, 6.07) is 9.52. The van der Waals surface area contributed by atoms with E-state index in [9.17, 15) is 0 Å². The Morgan fingerprint density at radius 2 is 1.81 bits per heavy atom. The van der Waals surface area contributed by atoms with Gasteiger partial charge in [-0.15, -0.1) is 0 Å². The van der Waals surface area contributed by atoms with E-state index < -0.39 is 0 Å². The van der Waals surface area contributed by atoms with Gasteiger partial charge in [0, 0.05) is 12.6 Å². The molecule has 0 radical (unpaired) electrons. The molecule has 0 heterocycles. The number of hydrogen-bond acceptors (Lipinski definition) is 2. The third-order valence-electron chi connectivity index (χ3n) is 2.84. The third kappa shape index (κ3) is 5.04. The Morgan fingerprint density at radius 3 is 2.38 bits per heavy atom. The number of benzene rings is 1. The lowest BCUT2D eigenvalue weighted by molar-refractivity contribution is 0.537. The second kappa shape index (κ2) is 7.75. The molecule has 0 aliphatic carbocycles. The number of hydrogen-bond donors (Lipinski definition) is 1. The van der Waals surface area contributed by atoms with Gasteiger partial charge < -0.3 is 5.32 Å². The van der Waals surface area contributed by atoms with E-state index in [1.165, 1.54) is 23.3 Å². The van der Waals surface area contributed by atoms with Crippen LogP contribution in [0.1, 0.15) is 31.4 Å². The van der Waals surface area contributed by atoms with Crippen molar-refractivity contribution in [1.82, 2.24) is 5.32 Å². The van der Waals surface area contributed by atoms with E-state index in [1.807, 2.05) is 11.8 Å². The topological polar surface area (TPSA) is 12.0 Å². The van der Waals surface area contributed by atoms with E-state index in [1.54, 1.807) is 0 Å². The summed E-state index contributed by atoms with van der Waals surface area (Å²) in [7, 11) is 0. The molecule has 0 aliphatic rings. The lowest BCUT2D eigenvalue weighted by atomic mass is 10.1. The van der Waals surface area contributed by atoms with Gasteiger partial charge in [-0.3, -0.25) is 0 Å². The van der Waals surface area contributed by atoms with Crippen LogP contribution in [0.2, 0.25) is 0 Å². The first-order chi connectivity index (χ1) is 7.76. The molecule has 0 fully saturated rings. The van der Waals surface area contributed by atoms with Gasteiger partial charge in [-0.2, -0.15) is 11.8 Å². The minimum atomic E-state index is 0.610. The lowest BCUT2D eigenvalue weighted by Crippen LogP contribution is -2.25. The molecule has 1 rings (SSSR count). The molecule has 0 amide bonds. The molecule has 1 nitrogen and oxygen atoms in total. The average molecular weight is 237 g/mol. The molecule has 1 aromatic carbocycles. The number of nitrogens with one attached hydrogen (secondary N) is 1. The highest BCUT2D eigenvalue weighted by molar-refractivity contribution is 7.98. The van der Waals surface area contributed by atoms with Crippen LogP contribution in [-0.2, 0) is 13.0 Å². The van der Waals surface area contributed by atoms with Gasteiger partial charge in [0.2, 0.25) is 0 Å². The van der Waals surface area contributed by atoms with Crippen molar-refractivity contribution in [2.75, 3.05) is 12.0 Å². The monoisotopic (exact) mass is 237 g/mol. The van der Waals surface area contributed by atoms with Crippen molar-refractivity contribution in [2.45, 2.75) is 39.3 Å². The van der Waals surface area contributed by atoms with Crippen molar-refractivity contribution < 1.29 is 0 Å². The number of aryl methyl sites for hydroxylation is 1. The molecule has 0 saturated heterocycles. The first-order valence-electron chi connectivity index (χ1n) is 6.06. The predicted molar refractivity (Wildman–Crippen MR) is 75.1 cm³/mol. The first-order valence-corrected chi connectivity index (χ1v) is 7.45. The van der Waals surface area contributed by atoms with Crippen LogP contribution in [0.3, 0.4) is 0 Å². The second-order valence-corrected chi connectivity index (χ2v) is 5.22. The summed E-state index contributed by atoms with van der Waals surface area (Å²) in [6.07, 6.45) is 4.53. The van der Waals surface area contributed by atoms with Crippen LogP contribution in [0.4, 0.5) is 0 Å². The van der Waals surface area contributed by atoms with Gasteiger partial charge in [-0.25, -0.2) is 0 Å². The van der Waals surface area contributed by atoms with Gasteiger partial charge in [-0.05, 0) is 42.9 Å². The zero-order valence-electron chi connectivity index (χ0n) is 10.6. The Kier molecular flexibility index (Phi) is 6.58. The summed E-state index contributed by atoms with van der Waals surface area (Å²) < 4.78 is 0. The fourth-order valence-corrected chi connectivity index (χ4v) is 2.17. The third-order valence-corrected chi connectivity index (χ3v) is 3.48. The fraction of sp³-hybridized carbons (Fsp3) is 0.571. The smallest absolute Gasteiger partial charge is 0.0207 e. The Labute approximate surface area is 104 Å². The van der Waals surface area contributed by atoms with Crippen LogP contribution in [0, 0.1) is 0 Å². The van der Waals surface area contributed by atoms with Crippen molar-refractivity contribution in [3.8, 4) is 0 Å². The summed E-state index contributed by atoms with van der Waals surface area (Å²) in [5.74, 6) is 1.24. The maximum atomic E-state index is 3.56. The molecule has 1 atom stereocenters. The van der Waals surface area contributed by atoms with Gasteiger partial charge in [-0.1, -0.05) is 31.2 Å². The van der Waals surface area contributed by atoms with Gasteiger partial charge in [0.1, 0.15) is 0 Å². The zero-order chi connectivity index (χ0) is 11.8. The standard InChI is InChI=1S/C14H23NS/c1-4-13-5-7-14(8-6-13)11-15-12(2)9-10-16-3/h5-8,12,15H,4,9-11H2,1-3H3. The minimum Gasteiger partial charge on any atom is -0.310 e. The molecule has 0 aromatic heterocycles. The highest BCUT2D eigenvalue weighted by Crippen LogP contribution is 2.06. The van der Waals surface area contributed by atoms with E-state index >= 15 is 0 Å². The van der Waals surface area contributed by atoms with Crippen molar-refractivity contribution in [3.63, 3.8) is 0 Å². The van der Waals surface area contributed by atoms with E-state index in [-0.39, 0.29) is 0 Å². The molecule has 0 spiro atoms. The largest absolute Gasteiger partial charge is 0.310 e. The molecule has 16 heavy (non-hydrogen) atoms. The number of thioether (sulfide) groups is 1. The summed E-state index contributed by atoms with van der Waals surface area (Å²) in [4.78, 5) is 0. The van der Waals surface area contributed by atoms with Crippen LogP contribution in [-0.4, -0.2) is 18.1 Å². The highest BCUT2D eigenvalue weighted by Gasteiger charge is 2.00. The Morgan fingerprint density at radius 1 is 1.19 bits per heavy atom. The first kappa shape index (κ1) is 13.6. The fourth-order valence-electron chi connectivity index (χ4n) is 1.58. The van der Waals surface area contributed by atoms with E-state index in [0.29, 0.717) is 6.04 Å². The van der Waals surface area contributed by atoms with E-state index in [0.717, 1.165) is 13.0 Å². The Balaban J connectivity index is 2.30. The molecule has 1 aromatic rings. The van der Waals surface area contributed by atoms with Crippen molar-refractivity contribution >= 4 is 11.8 Å². The van der Waals surface area contributed by atoms with Crippen molar-refractivity contribution in [1.29, 1.82) is 0 Å². The molecule has 0 aliphatic heterocycles. The summed E-state index contributed by atoms with van der Waals surface area (Å²) in [6.45, 7) is 5.44. The predicted octanol–water partition coefficient (Wildman–Crippen LogP) is 3.48. The Bertz CT molecular complexity index is 281. The lowest BCUT2D eigenvalue weighted by Gasteiger charge is -2.13. The van der Waals surface area contributed by atoms with Crippen LogP contribution in [0.25, 0.3) is 0 Å². The summed E-state index contributed by atoms with van der Waals surface area (Å²) in [5, 5.41) is 3.56. The second-order valence-electron chi connectivity index (χ2n) is 4.23. The normalized spacial score (nSPS) is 12.7. The maximum Gasteiger partial charge on any atom is 0.0207 e. The molecule has 1 N–H and O–H groups in total. The quantitative estimate of drug-likeness (QED) is 0.779. The average Bonchev–Trinajstić information content (AvgIpc) is 2.34. The van der Waals surface area contributed by atoms with Crippen molar-refractivity contribution in [3.05, 3.63) is 35.4 Å². The molecule has 90 valence electrons. The van der Waals surface area contributed by atoms with Gasteiger partial charge >= 0.3 is 0 Å². The van der Waals surface area contributed by atoms with Gasteiger partial charge in [0.15, 0.2) is 0 Å². The molecule has 0 saturated carbocycles. The molecular weight excluding hydrogens is 214 g/mol. The maximum absolute atomic E-state index is 3.56. The minimum absolute atomic E-state index is 0.610. The molecule has 2 heteroatoms. The number of rotatable bonds is 7. The van der Waals surface area contributed by atoms with Gasteiger partial charge in [0.25, 0.3) is 0 Å². The molecule has 1 unspecified atom stereocenters. The van der Waals surface area contributed by atoms with E-state index in [4.69, 9.17) is 0 Å². The molecular formula is C14H23NS. The van der Waals surface area contributed by atoms with Crippen LogP contribution < -0.4 is 5.32 Å². The summed E-state index contributed by atoms with van der Waals surface area (Å²) in [5.41, 5.74) is 2.80. The highest BCUT2D eigenvalue weighted by atomic mass is 32.2. The summed E-state index contributed by atoms with van der Waals surface area (Å²) >= 11 is 1.92. The van der Waals surface area contributed by atoms with Gasteiger partial charge in [0.05, 0.1) is 0 Å².